The molecule has 0 bridgehead atoms. The number of alkyl halides is 3. The molecule has 2 nitrogen and oxygen atoms in total. The Bertz CT molecular complexity index is 345. The van der Waals surface area contributed by atoms with E-state index < -0.39 is 23.7 Å². The number of rotatable bonds is 1. The molecule has 76 valence electrons. The molecule has 6 heteroatoms. The van der Waals surface area contributed by atoms with Crippen LogP contribution in [0.4, 0.5) is 22.4 Å². The maximum atomic E-state index is 12.2. The van der Waals surface area contributed by atoms with Crippen molar-refractivity contribution in [3.05, 3.63) is 29.8 Å². The molecule has 0 amide bonds. The summed E-state index contributed by atoms with van der Waals surface area (Å²) in [6, 6.07) is 3.87. The number of benzene rings is 1. The van der Waals surface area contributed by atoms with E-state index >= 15 is 0 Å². The van der Waals surface area contributed by atoms with Crippen LogP contribution >= 0.6 is 0 Å². The average molecular weight is 208 g/mol. The number of carbonyl (C=O) groups excluding carboxylic acids is 1. The number of hydrogen-bond donors (Lipinski definition) is 0. The monoisotopic (exact) mass is 208 g/mol. The lowest BCUT2D eigenvalue weighted by molar-refractivity contribution is -0.138. The van der Waals surface area contributed by atoms with Gasteiger partial charge in [-0.2, -0.15) is 13.2 Å². The molecule has 0 spiro atoms. The molecular formula is C8H4F4O2. The van der Waals surface area contributed by atoms with Crippen molar-refractivity contribution in [3.63, 3.8) is 0 Å². The van der Waals surface area contributed by atoms with E-state index in [1.807, 2.05) is 0 Å². The van der Waals surface area contributed by atoms with E-state index in [9.17, 15) is 22.4 Å². The molecule has 0 radical (unpaired) electrons. The van der Waals surface area contributed by atoms with Crippen molar-refractivity contribution < 1.29 is 27.1 Å². The summed E-state index contributed by atoms with van der Waals surface area (Å²) in [5.41, 5.74) is -1.19. The largest absolute Gasteiger partial charge is 0.500 e. The summed E-state index contributed by atoms with van der Waals surface area (Å²) in [7, 11) is 0. The van der Waals surface area contributed by atoms with E-state index in [2.05, 4.69) is 4.74 Å². The molecular weight excluding hydrogens is 204 g/mol. The molecule has 14 heavy (non-hydrogen) atoms. The second-order valence-electron chi connectivity index (χ2n) is 2.33. The molecule has 0 unspecified atom stereocenters. The van der Waals surface area contributed by atoms with E-state index in [-0.39, 0.29) is 0 Å². The van der Waals surface area contributed by atoms with Crippen molar-refractivity contribution in [1.82, 2.24) is 0 Å². The van der Waals surface area contributed by atoms with E-state index in [1.54, 1.807) is 0 Å². The minimum absolute atomic E-state index is 0.693. The van der Waals surface area contributed by atoms with Gasteiger partial charge in [-0.1, -0.05) is 12.1 Å². The predicted molar refractivity (Wildman–Crippen MR) is 38.6 cm³/mol. The van der Waals surface area contributed by atoms with Crippen molar-refractivity contribution in [2.75, 3.05) is 0 Å². The van der Waals surface area contributed by atoms with Gasteiger partial charge in [0.25, 0.3) is 0 Å². The Balaban J connectivity index is 3.10. The van der Waals surface area contributed by atoms with Crippen LogP contribution < -0.4 is 4.74 Å². The van der Waals surface area contributed by atoms with Crippen molar-refractivity contribution in [2.45, 2.75) is 6.18 Å². The molecule has 1 aromatic rings. The lowest BCUT2D eigenvalue weighted by atomic mass is 10.2. The Morgan fingerprint density at radius 1 is 1.21 bits per heavy atom. The number of carbonyl (C=O) groups is 1. The highest BCUT2D eigenvalue weighted by molar-refractivity contribution is 5.63. The zero-order valence-corrected chi connectivity index (χ0v) is 6.64. The molecule has 0 saturated heterocycles. The predicted octanol–water partition coefficient (Wildman–Crippen LogP) is 3.17. The van der Waals surface area contributed by atoms with Crippen molar-refractivity contribution in [2.24, 2.45) is 0 Å². The third kappa shape index (κ3) is 2.45. The van der Waals surface area contributed by atoms with Gasteiger partial charge in [0.2, 0.25) is 0 Å². The minimum atomic E-state index is -4.67. The lowest BCUT2D eigenvalue weighted by Gasteiger charge is -2.09. The second-order valence-corrected chi connectivity index (χ2v) is 2.33. The van der Waals surface area contributed by atoms with Crippen LogP contribution in [0.5, 0.6) is 5.75 Å². The van der Waals surface area contributed by atoms with Gasteiger partial charge in [-0.05, 0) is 12.1 Å². The summed E-state index contributed by atoms with van der Waals surface area (Å²) in [4.78, 5) is 9.84. The summed E-state index contributed by atoms with van der Waals surface area (Å²) in [6.45, 7) is 0. The summed E-state index contributed by atoms with van der Waals surface area (Å²) >= 11 is 0. The SMILES string of the molecule is O=C(F)Oc1ccccc1C(F)(F)F. The first kappa shape index (κ1) is 10.5. The molecule has 0 atom stereocenters. The highest BCUT2D eigenvalue weighted by atomic mass is 19.4. The number of para-hydroxylation sites is 1. The molecule has 0 N–H and O–H groups in total. The van der Waals surface area contributed by atoms with Gasteiger partial charge in [0.15, 0.2) is 0 Å². The van der Waals surface area contributed by atoms with Gasteiger partial charge in [0.05, 0.1) is 5.56 Å². The first-order valence-electron chi connectivity index (χ1n) is 3.45. The van der Waals surface area contributed by atoms with Crippen molar-refractivity contribution >= 4 is 6.22 Å². The maximum absolute atomic E-state index is 12.2. The van der Waals surface area contributed by atoms with Crippen LogP contribution in [0.15, 0.2) is 24.3 Å². The highest BCUT2D eigenvalue weighted by Gasteiger charge is 2.34. The number of hydrogen-bond acceptors (Lipinski definition) is 2. The third-order valence-electron chi connectivity index (χ3n) is 1.38. The first-order chi connectivity index (χ1) is 6.41. The zero-order valence-electron chi connectivity index (χ0n) is 6.64. The van der Waals surface area contributed by atoms with Crippen LogP contribution in [0, 0.1) is 0 Å². The van der Waals surface area contributed by atoms with Crippen LogP contribution in [0.1, 0.15) is 5.56 Å². The van der Waals surface area contributed by atoms with E-state index in [4.69, 9.17) is 0 Å². The van der Waals surface area contributed by atoms with Gasteiger partial charge in [0.1, 0.15) is 5.75 Å². The van der Waals surface area contributed by atoms with Crippen LogP contribution in [0.3, 0.4) is 0 Å². The van der Waals surface area contributed by atoms with E-state index in [0.29, 0.717) is 6.07 Å². The molecule has 0 aliphatic heterocycles. The average Bonchev–Trinajstić information content (AvgIpc) is 2.01. The normalized spacial score (nSPS) is 11.1. The van der Waals surface area contributed by atoms with Crippen LogP contribution in [0.2, 0.25) is 0 Å². The Morgan fingerprint density at radius 2 is 1.79 bits per heavy atom. The van der Waals surface area contributed by atoms with Gasteiger partial charge in [0, 0.05) is 0 Å². The molecule has 0 fully saturated rings. The summed E-state index contributed by atoms with van der Waals surface area (Å²) in [5, 5.41) is 0. The van der Waals surface area contributed by atoms with E-state index in [0.717, 1.165) is 12.1 Å². The van der Waals surface area contributed by atoms with Gasteiger partial charge < -0.3 is 4.74 Å². The Morgan fingerprint density at radius 3 is 2.29 bits per heavy atom. The van der Waals surface area contributed by atoms with Crippen LogP contribution in [-0.4, -0.2) is 6.22 Å². The van der Waals surface area contributed by atoms with Crippen molar-refractivity contribution in [3.8, 4) is 5.75 Å². The molecule has 1 rings (SSSR count). The molecule has 0 aromatic heterocycles. The molecule has 0 aliphatic carbocycles. The molecule has 0 saturated carbocycles. The zero-order chi connectivity index (χ0) is 10.8. The maximum Gasteiger partial charge on any atom is 0.500 e. The summed E-state index contributed by atoms with van der Waals surface area (Å²) < 4.78 is 52.0. The second kappa shape index (κ2) is 3.65. The highest BCUT2D eigenvalue weighted by Crippen LogP contribution is 2.35. The van der Waals surface area contributed by atoms with Crippen LogP contribution in [0.25, 0.3) is 0 Å². The van der Waals surface area contributed by atoms with Gasteiger partial charge in [-0.25, -0.2) is 4.79 Å². The topological polar surface area (TPSA) is 26.3 Å². The number of ether oxygens (including phenoxy) is 1. The fraction of sp³-hybridized carbons (Fsp3) is 0.125. The van der Waals surface area contributed by atoms with E-state index in [1.165, 1.54) is 6.07 Å². The Hall–Kier alpha value is -1.59. The molecule has 1 aromatic carbocycles. The van der Waals surface area contributed by atoms with Crippen molar-refractivity contribution in [1.29, 1.82) is 0 Å². The molecule has 0 heterocycles. The lowest BCUT2D eigenvalue weighted by Crippen LogP contribution is -2.09. The summed E-state index contributed by atoms with van der Waals surface area (Å²) in [5.74, 6) is -0.840. The summed E-state index contributed by atoms with van der Waals surface area (Å²) in [6.07, 6.45) is -6.95. The van der Waals surface area contributed by atoms with Gasteiger partial charge in [-0.15, -0.1) is 4.39 Å². The van der Waals surface area contributed by atoms with Gasteiger partial charge in [-0.3, -0.25) is 0 Å². The standard InChI is InChI=1S/C8H4F4O2/c9-7(13)14-6-4-2-1-3-5(6)8(10,11)12/h1-4H. The first-order valence-corrected chi connectivity index (χ1v) is 3.45. The Kier molecular flexibility index (Phi) is 2.73. The minimum Gasteiger partial charge on any atom is -0.400 e. The Labute approximate surface area is 76.1 Å². The fourth-order valence-electron chi connectivity index (χ4n) is 0.876. The fourth-order valence-corrected chi connectivity index (χ4v) is 0.876. The van der Waals surface area contributed by atoms with Gasteiger partial charge >= 0.3 is 12.4 Å². The third-order valence-corrected chi connectivity index (χ3v) is 1.38. The molecule has 0 aliphatic rings. The number of halogens is 4. The quantitative estimate of drug-likeness (QED) is 0.523. The smallest absolute Gasteiger partial charge is 0.400 e. The van der Waals surface area contributed by atoms with Crippen LogP contribution in [-0.2, 0) is 6.18 Å².